The van der Waals surface area contributed by atoms with Crippen molar-refractivity contribution in [1.29, 1.82) is 0 Å². The molecule has 1 saturated heterocycles. The van der Waals surface area contributed by atoms with Crippen molar-refractivity contribution in [2.75, 3.05) is 26.2 Å². The molecule has 0 unspecified atom stereocenters. The number of carbonyl (C=O) groups is 1. The van der Waals surface area contributed by atoms with Crippen LogP contribution in [-0.2, 0) is 17.9 Å². The Morgan fingerprint density at radius 1 is 1.17 bits per heavy atom. The van der Waals surface area contributed by atoms with Crippen LogP contribution in [0.5, 0.6) is 0 Å². The molecule has 152 valence electrons. The molecule has 29 heavy (non-hydrogen) atoms. The Balaban J connectivity index is 1.32. The highest BCUT2D eigenvalue weighted by Crippen LogP contribution is 2.18. The van der Waals surface area contributed by atoms with Gasteiger partial charge in [-0.2, -0.15) is 0 Å². The van der Waals surface area contributed by atoms with Crippen LogP contribution in [0.25, 0.3) is 11.1 Å². The van der Waals surface area contributed by atoms with Gasteiger partial charge in [-0.1, -0.05) is 35.9 Å². The van der Waals surface area contributed by atoms with Crippen LogP contribution in [0.3, 0.4) is 0 Å². The summed E-state index contributed by atoms with van der Waals surface area (Å²) in [7, 11) is 0. The standard InChI is InChI=1S/C22H24ClN3O3/c1-16-4-2-3-5-17(16)15-24-10-12-25(13-11-24)21(27)8-9-26-19-7-6-18(23)14-20(19)29-22(26)28/h2-7,14H,8-13,15H2,1H3/p+1. The van der Waals surface area contributed by atoms with Crippen LogP contribution in [0.2, 0.25) is 5.02 Å². The van der Waals surface area contributed by atoms with Gasteiger partial charge < -0.3 is 14.2 Å². The van der Waals surface area contributed by atoms with E-state index in [0.29, 0.717) is 22.7 Å². The van der Waals surface area contributed by atoms with E-state index in [-0.39, 0.29) is 12.3 Å². The van der Waals surface area contributed by atoms with Crippen LogP contribution in [-0.4, -0.2) is 41.6 Å². The average molecular weight is 415 g/mol. The van der Waals surface area contributed by atoms with Gasteiger partial charge in [-0.05, 0) is 24.6 Å². The van der Waals surface area contributed by atoms with Crippen LogP contribution in [0.1, 0.15) is 17.5 Å². The second-order valence-electron chi connectivity index (χ2n) is 7.62. The second-order valence-corrected chi connectivity index (χ2v) is 8.05. The highest BCUT2D eigenvalue weighted by Gasteiger charge is 2.24. The molecule has 0 saturated carbocycles. The van der Waals surface area contributed by atoms with E-state index in [1.165, 1.54) is 20.6 Å². The number of aryl methyl sites for hydroxylation is 2. The average Bonchev–Trinajstić information content (AvgIpc) is 3.02. The fraction of sp³-hybridized carbons (Fsp3) is 0.364. The molecule has 3 aromatic rings. The third kappa shape index (κ3) is 4.38. The number of nitrogens with zero attached hydrogens (tertiary/aromatic N) is 2. The van der Waals surface area contributed by atoms with E-state index in [1.807, 2.05) is 4.90 Å². The number of rotatable bonds is 5. The minimum absolute atomic E-state index is 0.0788. The summed E-state index contributed by atoms with van der Waals surface area (Å²) in [5.41, 5.74) is 3.80. The Morgan fingerprint density at radius 3 is 2.69 bits per heavy atom. The molecular formula is C22H25ClN3O3+. The number of hydrogen-bond acceptors (Lipinski definition) is 3. The number of nitrogens with one attached hydrogen (secondary N) is 1. The Bertz CT molecular complexity index is 1080. The monoisotopic (exact) mass is 414 g/mol. The Morgan fingerprint density at radius 2 is 1.93 bits per heavy atom. The molecule has 2 heterocycles. The number of carbonyl (C=O) groups excluding carboxylic acids is 1. The molecule has 1 aliphatic rings. The first kappa shape index (κ1) is 19.7. The minimum atomic E-state index is -0.456. The Labute approximate surface area is 174 Å². The molecule has 7 heteroatoms. The Kier molecular flexibility index (Phi) is 5.74. The first-order valence-corrected chi connectivity index (χ1v) is 10.3. The maximum absolute atomic E-state index is 12.7. The molecule has 2 aromatic carbocycles. The third-order valence-electron chi connectivity index (χ3n) is 5.70. The smallest absolute Gasteiger partial charge is 0.408 e. The van der Waals surface area contributed by atoms with Crippen molar-refractivity contribution in [2.45, 2.75) is 26.4 Å². The van der Waals surface area contributed by atoms with Crippen LogP contribution in [0, 0.1) is 6.92 Å². The summed E-state index contributed by atoms with van der Waals surface area (Å²) in [5.74, 6) is -0.377. The molecule has 4 rings (SSSR count). The van der Waals surface area contributed by atoms with Gasteiger partial charge in [0.05, 0.1) is 31.7 Å². The molecule has 0 radical (unpaired) electrons. The van der Waals surface area contributed by atoms with E-state index < -0.39 is 5.76 Å². The fourth-order valence-electron chi connectivity index (χ4n) is 3.94. The van der Waals surface area contributed by atoms with Crippen LogP contribution >= 0.6 is 11.6 Å². The number of halogens is 1. The molecule has 0 bridgehead atoms. The van der Waals surface area contributed by atoms with Gasteiger partial charge >= 0.3 is 5.76 Å². The highest BCUT2D eigenvalue weighted by molar-refractivity contribution is 6.31. The first-order chi connectivity index (χ1) is 14.0. The third-order valence-corrected chi connectivity index (χ3v) is 5.94. The van der Waals surface area contributed by atoms with Gasteiger partial charge in [-0.3, -0.25) is 9.36 Å². The van der Waals surface area contributed by atoms with Gasteiger partial charge in [0.2, 0.25) is 5.91 Å². The quantitative estimate of drug-likeness (QED) is 0.693. The lowest BCUT2D eigenvalue weighted by Crippen LogP contribution is -3.13. The predicted molar refractivity (Wildman–Crippen MR) is 112 cm³/mol. The molecule has 1 N–H and O–H groups in total. The summed E-state index contributed by atoms with van der Waals surface area (Å²) < 4.78 is 6.74. The fourth-order valence-corrected chi connectivity index (χ4v) is 4.11. The molecular weight excluding hydrogens is 390 g/mol. The summed E-state index contributed by atoms with van der Waals surface area (Å²) >= 11 is 5.95. The summed E-state index contributed by atoms with van der Waals surface area (Å²) in [6, 6.07) is 13.6. The van der Waals surface area contributed by atoms with Crippen molar-refractivity contribution in [3.63, 3.8) is 0 Å². The summed E-state index contributed by atoms with van der Waals surface area (Å²) in [5, 5.41) is 0.514. The first-order valence-electron chi connectivity index (χ1n) is 9.96. The van der Waals surface area contributed by atoms with Gasteiger partial charge in [-0.25, -0.2) is 4.79 Å². The zero-order chi connectivity index (χ0) is 20.4. The zero-order valence-corrected chi connectivity index (χ0v) is 17.2. The number of oxazole rings is 1. The van der Waals surface area contributed by atoms with Gasteiger partial charge in [-0.15, -0.1) is 0 Å². The lowest BCUT2D eigenvalue weighted by Gasteiger charge is -2.32. The second kappa shape index (κ2) is 8.43. The van der Waals surface area contributed by atoms with Crippen LogP contribution in [0.15, 0.2) is 51.7 Å². The lowest BCUT2D eigenvalue weighted by molar-refractivity contribution is -0.917. The number of hydrogen-bond donors (Lipinski definition) is 1. The number of fused-ring (bicyclic) bond motifs is 1. The number of quaternary nitrogens is 1. The summed E-state index contributed by atoms with van der Waals surface area (Å²) in [6.07, 6.45) is 0.282. The number of benzene rings is 2. The molecule has 0 atom stereocenters. The van der Waals surface area contributed by atoms with Crippen molar-refractivity contribution < 1.29 is 14.1 Å². The topological polar surface area (TPSA) is 59.9 Å². The van der Waals surface area contributed by atoms with Crippen LogP contribution < -0.4 is 10.7 Å². The molecule has 1 amide bonds. The number of amides is 1. The maximum atomic E-state index is 12.7. The zero-order valence-electron chi connectivity index (χ0n) is 16.5. The van der Waals surface area contributed by atoms with Gasteiger partial charge in [0.25, 0.3) is 0 Å². The van der Waals surface area contributed by atoms with E-state index in [1.54, 1.807) is 18.2 Å². The molecule has 0 spiro atoms. The van der Waals surface area contributed by atoms with E-state index in [9.17, 15) is 9.59 Å². The lowest BCUT2D eigenvalue weighted by atomic mass is 10.1. The van der Waals surface area contributed by atoms with Crippen molar-refractivity contribution in [1.82, 2.24) is 9.47 Å². The molecule has 6 nitrogen and oxygen atoms in total. The molecule has 1 aliphatic heterocycles. The molecule has 0 aliphatic carbocycles. The van der Waals surface area contributed by atoms with Crippen molar-refractivity contribution in [3.8, 4) is 0 Å². The number of aromatic nitrogens is 1. The van der Waals surface area contributed by atoms with Gasteiger partial charge in [0.1, 0.15) is 6.54 Å². The molecule has 1 fully saturated rings. The van der Waals surface area contributed by atoms with Crippen molar-refractivity contribution >= 4 is 28.6 Å². The minimum Gasteiger partial charge on any atom is -0.408 e. The van der Waals surface area contributed by atoms with Gasteiger partial charge in [0, 0.05) is 29.6 Å². The van der Waals surface area contributed by atoms with E-state index in [4.69, 9.17) is 16.0 Å². The largest absolute Gasteiger partial charge is 0.419 e. The predicted octanol–water partition coefficient (Wildman–Crippen LogP) is 1.87. The molecule has 1 aromatic heterocycles. The number of piperazine rings is 1. The SMILES string of the molecule is Cc1ccccc1C[NH+]1CCN(C(=O)CCn2c(=O)oc3cc(Cl)ccc32)CC1. The highest BCUT2D eigenvalue weighted by atomic mass is 35.5. The van der Waals surface area contributed by atoms with Crippen molar-refractivity contribution in [3.05, 3.63) is 69.2 Å². The van der Waals surface area contributed by atoms with Crippen molar-refractivity contribution in [2.24, 2.45) is 0 Å². The maximum Gasteiger partial charge on any atom is 0.419 e. The Hall–Kier alpha value is -2.57. The summed E-state index contributed by atoms with van der Waals surface area (Å²) in [6.45, 7) is 6.81. The van der Waals surface area contributed by atoms with E-state index in [2.05, 4.69) is 31.2 Å². The van der Waals surface area contributed by atoms with Gasteiger partial charge in [0.15, 0.2) is 5.58 Å². The normalized spacial score (nSPS) is 15.2. The van der Waals surface area contributed by atoms with Crippen LogP contribution in [0.4, 0.5) is 0 Å². The summed E-state index contributed by atoms with van der Waals surface area (Å²) in [4.78, 5) is 28.2. The van der Waals surface area contributed by atoms with E-state index in [0.717, 1.165) is 32.7 Å². The van der Waals surface area contributed by atoms with E-state index >= 15 is 0 Å².